The van der Waals surface area contributed by atoms with Crippen molar-refractivity contribution in [2.75, 3.05) is 14.1 Å². The van der Waals surface area contributed by atoms with Crippen LogP contribution in [0.2, 0.25) is 0 Å². The number of hydrogen-bond donors (Lipinski definition) is 4. The van der Waals surface area contributed by atoms with Crippen molar-refractivity contribution >= 4 is 29.7 Å². The molecule has 124 valence electrons. The third-order valence-corrected chi connectivity index (χ3v) is 2.34. The van der Waals surface area contributed by atoms with Crippen molar-refractivity contribution in [1.29, 1.82) is 0 Å². The van der Waals surface area contributed by atoms with Crippen LogP contribution in [0.25, 0.3) is 0 Å². The lowest BCUT2D eigenvalue weighted by Crippen LogP contribution is -2.47. The summed E-state index contributed by atoms with van der Waals surface area (Å²) in [7, 11) is 2.78. The number of carbonyl (C=O) groups is 5. The molecule has 0 saturated heterocycles. The van der Waals surface area contributed by atoms with Crippen molar-refractivity contribution in [2.45, 2.75) is 24.9 Å². The molecular formula is C11H16N2O9. The van der Waals surface area contributed by atoms with Crippen molar-refractivity contribution < 1.29 is 44.1 Å². The molecule has 0 aromatic heterocycles. The van der Waals surface area contributed by atoms with Gasteiger partial charge in [0, 0.05) is 14.1 Å². The van der Waals surface area contributed by atoms with Crippen LogP contribution in [-0.2, 0) is 28.8 Å². The lowest BCUT2D eigenvalue weighted by Gasteiger charge is -2.21. The molecular weight excluding hydrogens is 304 g/mol. The normalized spacial score (nSPS) is 10.5. The molecule has 11 heteroatoms. The first-order chi connectivity index (χ1) is 9.97. The number of carboxylic acids is 2. The highest BCUT2D eigenvalue weighted by Crippen LogP contribution is 2.17. The summed E-state index contributed by atoms with van der Waals surface area (Å²) in [6.07, 6.45) is -3.12. The average Bonchev–Trinajstić information content (AvgIpc) is 2.33. The number of hydrogen-bond acceptors (Lipinski definition) is 7. The van der Waals surface area contributed by atoms with Crippen molar-refractivity contribution in [3.8, 4) is 0 Å². The lowest BCUT2D eigenvalue weighted by molar-refractivity contribution is -0.183. The van der Waals surface area contributed by atoms with Gasteiger partial charge >= 0.3 is 17.9 Å². The molecule has 0 saturated carbocycles. The van der Waals surface area contributed by atoms with Gasteiger partial charge in [-0.15, -0.1) is 0 Å². The van der Waals surface area contributed by atoms with Gasteiger partial charge in [0.2, 0.25) is 5.91 Å². The smallest absolute Gasteiger partial charge is 0.364 e. The first-order valence-electron chi connectivity index (χ1n) is 5.84. The Kier molecular flexibility index (Phi) is 6.96. The zero-order chi connectivity index (χ0) is 17.5. The van der Waals surface area contributed by atoms with Crippen LogP contribution in [0.4, 0.5) is 0 Å². The molecule has 0 atom stereocenters. The summed E-state index contributed by atoms with van der Waals surface area (Å²) >= 11 is 0. The molecule has 0 aliphatic carbocycles. The van der Waals surface area contributed by atoms with E-state index >= 15 is 0 Å². The van der Waals surface area contributed by atoms with Gasteiger partial charge in [-0.05, 0) is 0 Å². The summed E-state index contributed by atoms with van der Waals surface area (Å²) in [4.78, 5) is 60.4. The van der Waals surface area contributed by atoms with E-state index in [9.17, 15) is 29.1 Å². The average molecular weight is 320 g/mol. The van der Waals surface area contributed by atoms with Crippen LogP contribution in [0.15, 0.2) is 0 Å². The van der Waals surface area contributed by atoms with E-state index in [1.54, 1.807) is 0 Å². The zero-order valence-corrected chi connectivity index (χ0v) is 11.9. The lowest BCUT2D eigenvalue weighted by atomic mass is 9.96. The number of amides is 2. The Morgan fingerprint density at radius 2 is 1.50 bits per heavy atom. The molecule has 0 heterocycles. The Balaban J connectivity index is 4.70. The Hall–Kier alpha value is -2.69. The van der Waals surface area contributed by atoms with Gasteiger partial charge in [0.1, 0.15) is 6.42 Å². The number of hydroxylamine groups is 1. The van der Waals surface area contributed by atoms with E-state index in [0.717, 1.165) is 4.90 Å². The molecule has 0 fully saturated rings. The first kappa shape index (κ1) is 19.3. The van der Waals surface area contributed by atoms with Gasteiger partial charge in [0.25, 0.3) is 5.91 Å². The Labute approximate surface area is 124 Å². The minimum absolute atomic E-state index is 0.597. The van der Waals surface area contributed by atoms with Gasteiger partial charge in [-0.2, -0.15) is 5.48 Å². The predicted molar refractivity (Wildman–Crippen MR) is 67.0 cm³/mol. The maximum atomic E-state index is 11.6. The van der Waals surface area contributed by atoms with Gasteiger partial charge in [-0.25, -0.2) is 4.79 Å². The quantitative estimate of drug-likeness (QED) is 0.298. The van der Waals surface area contributed by atoms with Crippen LogP contribution < -0.4 is 5.48 Å². The van der Waals surface area contributed by atoms with E-state index in [2.05, 4.69) is 4.84 Å². The summed E-state index contributed by atoms with van der Waals surface area (Å²) in [5.41, 5.74) is -1.31. The molecule has 11 nitrogen and oxygen atoms in total. The SMILES string of the molecule is CN(C)C(=O)CC(=O)NOC(=O)C(O)(CC(=O)O)CC(=O)O. The Morgan fingerprint density at radius 3 is 1.86 bits per heavy atom. The number of carbonyl (C=O) groups excluding carboxylic acids is 3. The van der Waals surface area contributed by atoms with Crippen LogP contribution in [-0.4, -0.2) is 69.6 Å². The molecule has 0 aromatic carbocycles. The van der Waals surface area contributed by atoms with Crippen LogP contribution in [0.3, 0.4) is 0 Å². The first-order valence-corrected chi connectivity index (χ1v) is 5.84. The highest BCUT2D eigenvalue weighted by molar-refractivity contribution is 5.97. The Bertz CT molecular complexity index is 470. The molecule has 2 amide bonds. The molecule has 0 spiro atoms. The summed E-state index contributed by atoms with van der Waals surface area (Å²) in [5.74, 6) is -6.58. The molecule has 4 N–H and O–H groups in total. The second-order valence-electron chi connectivity index (χ2n) is 4.55. The molecule has 22 heavy (non-hydrogen) atoms. The fourth-order valence-electron chi connectivity index (χ4n) is 1.24. The largest absolute Gasteiger partial charge is 0.481 e. The fourth-order valence-corrected chi connectivity index (χ4v) is 1.24. The van der Waals surface area contributed by atoms with E-state index < -0.39 is 54.6 Å². The highest BCUT2D eigenvalue weighted by Gasteiger charge is 2.43. The maximum Gasteiger partial charge on any atom is 0.364 e. The molecule has 0 unspecified atom stereocenters. The molecule has 0 bridgehead atoms. The minimum atomic E-state index is -2.85. The van der Waals surface area contributed by atoms with E-state index in [0.29, 0.717) is 0 Å². The second kappa shape index (κ2) is 7.93. The van der Waals surface area contributed by atoms with Crippen LogP contribution in [0, 0.1) is 0 Å². The van der Waals surface area contributed by atoms with Gasteiger partial charge < -0.3 is 25.1 Å². The van der Waals surface area contributed by atoms with Gasteiger partial charge in [0.15, 0.2) is 5.60 Å². The summed E-state index contributed by atoms with van der Waals surface area (Å²) < 4.78 is 0. The topological polar surface area (TPSA) is 171 Å². The van der Waals surface area contributed by atoms with E-state index in [1.165, 1.54) is 19.6 Å². The minimum Gasteiger partial charge on any atom is -0.481 e. The van der Waals surface area contributed by atoms with Crippen molar-refractivity contribution in [3.63, 3.8) is 0 Å². The van der Waals surface area contributed by atoms with Crippen molar-refractivity contribution in [2.24, 2.45) is 0 Å². The molecule has 0 aliphatic heterocycles. The summed E-state index contributed by atoms with van der Waals surface area (Å²) in [5, 5.41) is 26.9. The van der Waals surface area contributed by atoms with Crippen LogP contribution in [0.5, 0.6) is 0 Å². The number of aliphatic carboxylic acids is 2. The third kappa shape index (κ3) is 6.65. The zero-order valence-electron chi connectivity index (χ0n) is 11.9. The van der Waals surface area contributed by atoms with Gasteiger partial charge in [0.05, 0.1) is 12.8 Å². The standard InChI is InChI=1S/C11H16N2O9/c1-13(2)7(15)3-6(14)12-22-10(20)11(21,4-8(16)17)5-9(18)19/h21H,3-5H2,1-2H3,(H,12,14)(H,16,17)(H,18,19). The van der Waals surface area contributed by atoms with Gasteiger partial charge in [-0.1, -0.05) is 0 Å². The fraction of sp³-hybridized carbons (Fsp3) is 0.545. The molecule has 0 aromatic rings. The van der Waals surface area contributed by atoms with Crippen LogP contribution in [0.1, 0.15) is 19.3 Å². The van der Waals surface area contributed by atoms with E-state index in [4.69, 9.17) is 10.2 Å². The summed E-state index contributed by atoms with van der Waals surface area (Å²) in [6.45, 7) is 0. The highest BCUT2D eigenvalue weighted by atomic mass is 16.7. The third-order valence-electron chi connectivity index (χ3n) is 2.34. The summed E-state index contributed by atoms with van der Waals surface area (Å²) in [6, 6.07) is 0. The molecule has 0 aliphatic rings. The number of carboxylic acid groups (broad SMARTS) is 2. The van der Waals surface area contributed by atoms with Gasteiger partial charge in [-0.3, -0.25) is 19.2 Å². The maximum absolute atomic E-state index is 11.6. The number of nitrogens with zero attached hydrogens (tertiary/aromatic N) is 1. The van der Waals surface area contributed by atoms with Crippen molar-refractivity contribution in [3.05, 3.63) is 0 Å². The predicted octanol–water partition coefficient (Wildman–Crippen LogP) is -2.28. The number of aliphatic hydroxyl groups is 1. The van der Waals surface area contributed by atoms with E-state index in [-0.39, 0.29) is 0 Å². The monoisotopic (exact) mass is 320 g/mol. The van der Waals surface area contributed by atoms with Crippen molar-refractivity contribution in [1.82, 2.24) is 10.4 Å². The Morgan fingerprint density at radius 1 is 1.05 bits per heavy atom. The number of nitrogens with one attached hydrogen (secondary N) is 1. The van der Waals surface area contributed by atoms with Crippen LogP contribution >= 0.6 is 0 Å². The second-order valence-corrected chi connectivity index (χ2v) is 4.55. The van der Waals surface area contributed by atoms with E-state index in [1.807, 2.05) is 0 Å². The molecule has 0 radical (unpaired) electrons. The molecule has 0 rings (SSSR count). The number of rotatable bonds is 7.